The molecule has 1 rings (SSSR count). The second-order valence-electron chi connectivity index (χ2n) is 2.62. The third-order valence-corrected chi connectivity index (χ3v) is 1.73. The first-order chi connectivity index (χ1) is 6.06. The lowest BCUT2D eigenvalue weighted by molar-refractivity contribution is 0.149. The lowest BCUT2D eigenvalue weighted by atomic mass is 10.1. The second-order valence-corrected chi connectivity index (χ2v) is 2.62. The fraction of sp³-hybridized carbons (Fsp3) is 0.375. The van der Waals surface area contributed by atoms with Gasteiger partial charge in [0.05, 0.1) is 0 Å². The second kappa shape index (κ2) is 3.74. The van der Waals surface area contributed by atoms with Crippen molar-refractivity contribution in [2.75, 3.05) is 0 Å². The summed E-state index contributed by atoms with van der Waals surface area (Å²) in [6.45, 7) is 1.21. The Bertz CT molecular complexity index is 313. The number of hydrogen-bond acceptors (Lipinski definition) is 2. The van der Waals surface area contributed by atoms with Gasteiger partial charge in [-0.05, 0) is 13.0 Å². The average Bonchev–Trinajstić information content (AvgIpc) is 2.03. The smallest absolute Gasteiger partial charge is 0.265 e. The highest BCUT2D eigenvalue weighted by Crippen LogP contribution is 2.23. The summed E-state index contributed by atoms with van der Waals surface area (Å²) in [4.78, 5) is 3.34. The molecule has 2 N–H and O–H groups in total. The van der Waals surface area contributed by atoms with E-state index >= 15 is 0 Å². The Morgan fingerprint density at radius 1 is 1.54 bits per heavy atom. The summed E-state index contributed by atoms with van der Waals surface area (Å²) in [6, 6.07) is 1.06. The molecule has 0 aromatic carbocycles. The zero-order valence-electron chi connectivity index (χ0n) is 7.02. The quantitative estimate of drug-likeness (QED) is 0.723. The van der Waals surface area contributed by atoms with Crippen LogP contribution < -0.4 is 5.73 Å². The molecule has 0 aliphatic rings. The van der Waals surface area contributed by atoms with Gasteiger partial charge in [0.25, 0.3) is 6.43 Å². The summed E-state index contributed by atoms with van der Waals surface area (Å²) in [5.41, 5.74) is 4.90. The van der Waals surface area contributed by atoms with Crippen molar-refractivity contribution in [2.45, 2.75) is 19.9 Å². The van der Waals surface area contributed by atoms with Crippen molar-refractivity contribution < 1.29 is 13.2 Å². The van der Waals surface area contributed by atoms with E-state index in [2.05, 4.69) is 4.98 Å². The minimum Gasteiger partial charge on any atom is -0.326 e. The predicted molar refractivity (Wildman–Crippen MR) is 41.8 cm³/mol. The molecule has 72 valence electrons. The maximum Gasteiger partial charge on any atom is 0.265 e. The van der Waals surface area contributed by atoms with Crippen molar-refractivity contribution in [1.29, 1.82) is 0 Å². The third-order valence-electron chi connectivity index (χ3n) is 1.73. The number of alkyl halides is 2. The maximum absolute atomic E-state index is 12.9. The van der Waals surface area contributed by atoms with Crippen molar-refractivity contribution in [1.82, 2.24) is 4.98 Å². The molecule has 1 heterocycles. The minimum absolute atomic E-state index is 0.00435. The molecule has 0 spiro atoms. The molecule has 2 nitrogen and oxygen atoms in total. The van der Waals surface area contributed by atoms with E-state index in [1.165, 1.54) is 6.92 Å². The fourth-order valence-corrected chi connectivity index (χ4v) is 0.999. The molecule has 0 saturated carbocycles. The highest BCUT2D eigenvalue weighted by atomic mass is 19.3. The molecule has 0 atom stereocenters. The lowest BCUT2D eigenvalue weighted by Crippen LogP contribution is -2.05. The Morgan fingerprint density at radius 3 is 2.62 bits per heavy atom. The van der Waals surface area contributed by atoms with E-state index in [4.69, 9.17) is 5.73 Å². The van der Waals surface area contributed by atoms with Gasteiger partial charge in [0.15, 0.2) is 0 Å². The molecule has 0 amide bonds. The van der Waals surface area contributed by atoms with Crippen LogP contribution in [0.15, 0.2) is 6.07 Å². The number of aromatic nitrogens is 1. The largest absolute Gasteiger partial charge is 0.326 e. The molecule has 0 aliphatic heterocycles. The Kier molecular flexibility index (Phi) is 2.87. The van der Waals surface area contributed by atoms with Crippen molar-refractivity contribution in [3.8, 4) is 0 Å². The van der Waals surface area contributed by atoms with Crippen molar-refractivity contribution in [2.24, 2.45) is 5.73 Å². The van der Waals surface area contributed by atoms with Gasteiger partial charge in [-0.3, -0.25) is 0 Å². The van der Waals surface area contributed by atoms with Gasteiger partial charge in [-0.1, -0.05) is 0 Å². The first-order valence-electron chi connectivity index (χ1n) is 3.70. The van der Waals surface area contributed by atoms with Gasteiger partial charge in [0.1, 0.15) is 0 Å². The molecule has 0 fully saturated rings. The summed E-state index contributed by atoms with van der Waals surface area (Å²) in [5, 5.41) is 0. The van der Waals surface area contributed by atoms with E-state index in [0.29, 0.717) is 0 Å². The molecule has 0 radical (unpaired) electrons. The number of nitrogens with two attached hydrogens (primary N) is 1. The Hall–Kier alpha value is -1.10. The number of rotatable bonds is 2. The van der Waals surface area contributed by atoms with Gasteiger partial charge in [-0.15, -0.1) is 0 Å². The molecule has 1 aromatic heterocycles. The molecular formula is C8H9F3N2. The van der Waals surface area contributed by atoms with Gasteiger partial charge in [0, 0.05) is 23.4 Å². The van der Waals surface area contributed by atoms with Gasteiger partial charge >= 0.3 is 0 Å². The van der Waals surface area contributed by atoms with Crippen LogP contribution in [0, 0.1) is 12.9 Å². The van der Waals surface area contributed by atoms with Crippen LogP contribution in [-0.4, -0.2) is 4.98 Å². The van der Waals surface area contributed by atoms with E-state index in [1.54, 1.807) is 0 Å². The average molecular weight is 190 g/mol. The number of halogens is 3. The Morgan fingerprint density at radius 2 is 2.15 bits per heavy atom. The monoisotopic (exact) mass is 190 g/mol. The zero-order valence-corrected chi connectivity index (χ0v) is 7.02. The maximum atomic E-state index is 12.9. The molecular weight excluding hydrogens is 181 g/mol. The fourth-order valence-electron chi connectivity index (χ4n) is 0.999. The first kappa shape index (κ1) is 9.98. The topological polar surface area (TPSA) is 38.9 Å². The highest BCUT2D eigenvalue weighted by molar-refractivity contribution is 5.26. The van der Waals surface area contributed by atoms with Crippen LogP contribution in [0.4, 0.5) is 13.2 Å². The molecule has 0 unspecified atom stereocenters. The van der Waals surface area contributed by atoms with Gasteiger partial charge in [0.2, 0.25) is 5.95 Å². The summed E-state index contributed by atoms with van der Waals surface area (Å²) in [7, 11) is 0. The standard InChI is InChI=1S/C8H9F3N2/c1-4-6(7(9)10)2-5(3-12)8(11)13-4/h2,7H,3,12H2,1H3. The molecule has 1 aromatic rings. The zero-order chi connectivity index (χ0) is 10.0. The number of hydrogen-bond donors (Lipinski definition) is 1. The SMILES string of the molecule is Cc1nc(F)c(CN)cc1C(F)F. The first-order valence-corrected chi connectivity index (χ1v) is 3.70. The minimum atomic E-state index is -2.64. The van der Waals surface area contributed by atoms with Crippen molar-refractivity contribution >= 4 is 0 Å². The molecule has 5 heteroatoms. The van der Waals surface area contributed by atoms with Gasteiger partial charge < -0.3 is 5.73 Å². The van der Waals surface area contributed by atoms with Crippen LogP contribution in [0.5, 0.6) is 0 Å². The van der Waals surface area contributed by atoms with Crippen LogP contribution in [0.2, 0.25) is 0 Å². The van der Waals surface area contributed by atoms with Crippen LogP contribution in [0.3, 0.4) is 0 Å². The summed E-state index contributed by atoms with van der Waals surface area (Å²) in [5.74, 6) is -0.774. The molecule has 0 bridgehead atoms. The number of nitrogens with zero attached hydrogens (tertiary/aromatic N) is 1. The highest BCUT2D eigenvalue weighted by Gasteiger charge is 2.14. The summed E-state index contributed by atoms with van der Waals surface area (Å²) in [6.07, 6.45) is -2.64. The number of pyridine rings is 1. The third kappa shape index (κ3) is 1.98. The molecule has 0 aliphatic carbocycles. The van der Waals surface area contributed by atoms with Crippen LogP contribution in [0.1, 0.15) is 23.2 Å². The molecule has 0 saturated heterocycles. The van der Waals surface area contributed by atoms with Crippen LogP contribution in [0.25, 0.3) is 0 Å². The van der Waals surface area contributed by atoms with E-state index < -0.39 is 12.4 Å². The lowest BCUT2D eigenvalue weighted by Gasteiger charge is -2.06. The normalized spacial score (nSPS) is 10.9. The van der Waals surface area contributed by atoms with E-state index in [0.717, 1.165) is 6.07 Å². The van der Waals surface area contributed by atoms with Crippen molar-refractivity contribution in [3.63, 3.8) is 0 Å². The van der Waals surface area contributed by atoms with E-state index in [1.807, 2.05) is 0 Å². The summed E-state index contributed by atoms with van der Waals surface area (Å²) >= 11 is 0. The van der Waals surface area contributed by atoms with Crippen molar-refractivity contribution in [3.05, 3.63) is 28.8 Å². The van der Waals surface area contributed by atoms with Gasteiger partial charge in [-0.25, -0.2) is 13.8 Å². The Balaban J connectivity index is 3.22. The Labute approximate surface area is 73.6 Å². The molecule has 13 heavy (non-hydrogen) atoms. The number of aryl methyl sites for hydroxylation is 1. The van der Waals surface area contributed by atoms with Gasteiger partial charge in [-0.2, -0.15) is 4.39 Å². The van der Waals surface area contributed by atoms with E-state index in [-0.39, 0.29) is 23.4 Å². The van der Waals surface area contributed by atoms with Crippen LogP contribution >= 0.6 is 0 Å². The summed E-state index contributed by atoms with van der Waals surface area (Å²) < 4.78 is 37.4. The van der Waals surface area contributed by atoms with Crippen LogP contribution in [-0.2, 0) is 6.54 Å². The van der Waals surface area contributed by atoms with E-state index in [9.17, 15) is 13.2 Å². The predicted octanol–water partition coefficient (Wildman–Crippen LogP) is 1.93.